The maximum atomic E-state index is 12.6. The van der Waals surface area contributed by atoms with Crippen LogP contribution in [-0.4, -0.2) is 47.2 Å². The Morgan fingerprint density at radius 2 is 1.88 bits per heavy atom. The van der Waals surface area contributed by atoms with Crippen molar-refractivity contribution in [2.45, 2.75) is 32.6 Å². The Morgan fingerprint density at radius 3 is 2.42 bits per heavy atom. The summed E-state index contributed by atoms with van der Waals surface area (Å²) in [4.78, 5) is 16.7. The van der Waals surface area contributed by atoms with Gasteiger partial charge in [0, 0.05) is 32.1 Å². The van der Waals surface area contributed by atoms with E-state index < -0.39 is 0 Å². The van der Waals surface area contributed by atoms with Crippen LogP contribution >= 0.6 is 0 Å². The molecule has 0 N–H and O–H groups in total. The van der Waals surface area contributed by atoms with Gasteiger partial charge in [0.05, 0.1) is 11.3 Å². The second-order valence-corrected chi connectivity index (χ2v) is 6.70. The van der Waals surface area contributed by atoms with Crippen molar-refractivity contribution < 1.29 is 9.21 Å². The van der Waals surface area contributed by atoms with E-state index in [0.29, 0.717) is 30.3 Å². The number of carbonyl (C=O) groups is 1. The highest BCUT2D eigenvalue weighted by Crippen LogP contribution is 2.38. The zero-order valence-electron chi connectivity index (χ0n) is 14.2. The van der Waals surface area contributed by atoms with E-state index in [4.69, 9.17) is 4.42 Å². The normalized spacial score (nSPS) is 18.1. The van der Waals surface area contributed by atoms with E-state index in [1.807, 2.05) is 24.8 Å². The standard InChI is InChI=1S/C18H22N4O2/c1-12-11-15(13(2)24-12)18(23)22-9-7-21(8-10-22)17-6-5-16(19-20-17)14-3-4-14/h5-6,11,14H,3-4,7-10H2,1-2H3. The molecule has 2 aromatic rings. The van der Waals surface area contributed by atoms with Gasteiger partial charge in [-0.2, -0.15) is 5.10 Å². The van der Waals surface area contributed by atoms with Gasteiger partial charge in [-0.25, -0.2) is 0 Å². The molecule has 0 aromatic carbocycles. The number of amides is 1. The van der Waals surface area contributed by atoms with Crippen LogP contribution in [0.4, 0.5) is 5.82 Å². The average molecular weight is 326 g/mol. The van der Waals surface area contributed by atoms with Crippen molar-refractivity contribution in [3.05, 3.63) is 41.0 Å². The Hall–Kier alpha value is -2.37. The maximum Gasteiger partial charge on any atom is 0.257 e. The average Bonchev–Trinajstić information content (AvgIpc) is 3.39. The zero-order valence-corrected chi connectivity index (χ0v) is 14.2. The highest BCUT2D eigenvalue weighted by molar-refractivity contribution is 5.95. The number of aromatic nitrogens is 2. The van der Waals surface area contributed by atoms with Crippen LogP contribution in [0.2, 0.25) is 0 Å². The summed E-state index contributed by atoms with van der Waals surface area (Å²) in [6.07, 6.45) is 2.48. The van der Waals surface area contributed by atoms with Crippen molar-refractivity contribution in [2.24, 2.45) is 0 Å². The molecule has 0 unspecified atom stereocenters. The molecule has 2 aliphatic rings. The van der Waals surface area contributed by atoms with E-state index >= 15 is 0 Å². The van der Waals surface area contributed by atoms with E-state index in [0.717, 1.165) is 30.4 Å². The van der Waals surface area contributed by atoms with E-state index in [-0.39, 0.29) is 5.91 Å². The fourth-order valence-electron chi connectivity index (χ4n) is 3.25. The summed E-state index contributed by atoms with van der Waals surface area (Å²) in [7, 11) is 0. The van der Waals surface area contributed by atoms with Gasteiger partial charge in [-0.1, -0.05) is 0 Å². The fourth-order valence-corrected chi connectivity index (χ4v) is 3.25. The number of anilines is 1. The molecule has 1 aliphatic heterocycles. The molecule has 3 heterocycles. The van der Waals surface area contributed by atoms with Crippen LogP contribution < -0.4 is 4.90 Å². The van der Waals surface area contributed by atoms with Crippen molar-refractivity contribution in [1.29, 1.82) is 0 Å². The van der Waals surface area contributed by atoms with E-state index in [1.165, 1.54) is 12.8 Å². The van der Waals surface area contributed by atoms with Gasteiger partial charge in [-0.05, 0) is 44.9 Å². The highest BCUT2D eigenvalue weighted by Gasteiger charge is 2.27. The lowest BCUT2D eigenvalue weighted by Crippen LogP contribution is -2.49. The first kappa shape index (κ1) is 15.2. The lowest BCUT2D eigenvalue weighted by Gasteiger charge is -2.35. The number of carbonyl (C=O) groups excluding carboxylic acids is 1. The summed E-state index contributed by atoms with van der Waals surface area (Å²) in [6, 6.07) is 5.98. The van der Waals surface area contributed by atoms with E-state index in [2.05, 4.69) is 27.2 Å². The molecular formula is C18H22N4O2. The number of rotatable bonds is 3. The molecule has 1 saturated heterocycles. The molecule has 0 spiro atoms. The van der Waals surface area contributed by atoms with E-state index in [1.54, 1.807) is 0 Å². The minimum atomic E-state index is 0.0548. The third kappa shape index (κ3) is 2.88. The molecule has 2 aromatic heterocycles. The van der Waals surface area contributed by atoms with Crippen LogP contribution in [0.15, 0.2) is 22.6 Å². The zero-order chi connectivity index (χ0) is 16.7. The number of nitrogens with zero attached hydrogens (tertiary/aromatic N) is 4. The smallest absolute Gasteiger partial charge is 0.257 e. The van der Waals surface area contributed by atoms with Gasteiger partial charge in [0.2, 0.25) is 0 Å². The lowest BCUT2D eigenvalue weighted by molar-refractivity contribution is 0.0744. The Morgan fingerprint density at radius 1 is 1.12 bits per heavy atom. The van der Waals surface area contributed by atoms with Crippen LogP contribution in [0.5, 0.6) is 0 Å². The Balaban J connectivity index is 1.39. The highest BCUT2D eigenvalue weighted by atomic mass is 16.3. The first-order valence-corrected chi connectivity index (χ1v) is 8.56. The van der Waals surface area contributed by atoms with Crippen molar-refractivity contribution in [1.82, 2.24) is 15.1 Å². The van der Waals surface area contributed by atoms with Crippen LogP contribution in [0, 0.1) is 13.8 Å². The van der Waals surface area contributed by atoms with Gasteiger partial charge in [-0.15, -0.1) is 5.10 Å². The molecule has 0 radical (unpaired) electrons. The number of piperazine rings is 1. The Labute approximate surface area is 141 Å². The molecule has 0 bridgehead atoms. The Bertz CT molecular complexity index is 741. The summed E-state index contributed by atoms with van der Waals surface area (Å²) in [5.74, 6) is 3.06. The predicted molar refractivity (Wildman–Crippen MR) is 90.3 cm³/mol. The minimum Gasteiger partial charge on any atom is -0.466 e. The van der Waals surface area contributed by atoms with Gasteiger partial charge >= 0.3 is 0 Å². The molecule has 1 saturated carbocycles. The third-order valence-corrected chi connectivity index (χ3v) is 4.83. The molecule has 6 nitrogen and oxygen atoms in total. The summed E-state index contributed by atoms with van der Waals surface area (Å²) in [5, 5.41) is 8.71. The molecule has 4 rings (SSSR count). The first-order chi connectivity index (χ1) is 11.6. The second-order valence-electron chi connectivity index (χ2n) is 6.70. The topological polar surface area (TPSA) is 62.5 Å². The second kappa shape index (κ2) is 5.92. The van der Waals surface area contributed by atoms with Gasteiger partial charge < -0.3 is 14.2 Å². The van der Waals surface area contributed by atoms with Crippen LogP contribution in [-0.2, 0) is 0 Å². The number of furan rings is 1. The van der Waals surface area contributed by atoms with Gasteiger partial charge in [0.1, 0.15) is 11.5 Å². The molecule has 24 heavy (non-hydrogen) atoms. The van der Waals surface area contributed by atoms with Crippen molar-refractivity contribution in [3.63, 3.8) is 0 Å². The summed E-state index contributed by atoms with van der Waals surface area (Å²) in [6.45, 7) is 6.64. The van der Waals surface area contributed by atoms with Crippen molar-refractivity contribution in [3.8, 4) is 0 Å². The summed E-state index contributed by atoms with van der Waals surface area (Å²) < 4.78 is 5.48. The van der Waals surface area contributed by atoms with Crippen LogP contribution in [0.25, 0.3) is 0 Å². The molecule has 1 amide bonds. The number of aryl methyl sites for hydroxylation is 2. The molecule has 2 fully saturated rings. The molecule has 126 valence electrons. The van der Waals surface area contributed by atoms with Crippen molar-refractivity contribution in [2.75, 3.05) is 31.1 Å². The van der Waals surface area contributed by atoms with Gasteiger partial charge in [0.15, 0.2) is 5.82 Å². The van der Waals surface area contributed by atoms with Crippen molar-refractivity contribution >= 4 is 11.7 Å². The molecular weight excluding hydrogens is 304 g/mol. The number of hydrogen-bond donors (Lipinski definition) is 0. The maximum absolute atomic E-state index is 12.6. The third-order valence-electron chi connectivity index (χ3n) is 4.83. The fraction of sp³-hybridized carbons (Fsp3) is 0.500. The monoisotopic (exact) mass is 326 g/mol. The first-order valence-electron chi connectivity index (χ1n) is 8.56. The summed E-state index contributed by atoms with van der Waals surface area (Å²) in [5.41, 5.74) is 1.79. The van der Waals surface area contributed by atoms with Crippen LogP contribution in [0.1, 0.15) is 46.3 Å². The van der Waals surface area contributed by atoms with Gasteiger partial charge in [-0.3, -0.25) is 4.79 Å². The Kier molecular flexibility index (Phi) is 3.75. The SMILES string of the molecule is Cc1cc(C(=O)N2CCN(c3ccc(C4CC4)nn3)CC2)c(C)o1. The molecule has 1 aliphatic carbocycles. The molecule has 6 heteroatoms. The van der Waals surface area contributed by atoms with E-state index in [9.17, 15) is 4.79 Å². The van der Waals surface area contributed by atoms with Crippen LogP contribution in [0.3, 0.4) is 0 Å². The minimum absolute atomic E-state index is 0.0548. The predicted octanol–water partition coefficient (Wildman–Crippen LogP) is 2.53. The number of hydrogen-bond acceptors (Lipinski definition) is 5. The largest absolute Gasteiger partial charge is 0.466 e. The summed E-state index contributed by atoms with van der Waals surface area (Å²) >= 11 is 0. The molecule has 0 atom stereocenters. The lowest BCUT2D eigenvalue weighted by atomic mass is 10.2. The van der Waals surface area contributed by atoms with Gasteiger partial charge in [0.25, 0.3) is 5.91 Å². The quantitative estimate of drug-likeness (QED) is 0.867.